The number of halogens is 2. The number of benzene rings is 2. The maximum Gasteiger partial charge on any atom is 0.310 e. The Labute approximate surface area is 359 Å². The van der Waals surface area contributed by atoms with Crippen LogP contribution in [-0.4, -0.2) is 93.3 Å². The van der Waals surface area contributed by atoms with Crippen molar-refractivity contribution in [2.45, 2.75) is 123 Å². The zero-order valence-corrected chi connectivity index (χ0v) is 37.0. The van der Waals surface area contributed by atoms with E-state index >= 15 is 0 Å². The Morgan fingerprint density at radius 2 is 0.879 bits per heavy atom. The Kier molecular flexibility index (Phi) is 14.7. The van der Waals surface area contributed by atoms with E-state index in [1.54, 1.807) is 24.3 Å². The lowest BCUT2D eigenvalue weighted by atomic mass is 9.57. The third-order valence-electron chi connectivity index (χ3n) is 13.6. The average Bonchev–Trinajstić information content (AvgIpc) is 3.32. The van der Waals surface area contributed by atoms with Crippen LogP contribution in [0.3, 0.4) is 0 Å². The number of fused-ring (bicyclic) bond motifs is 4. The summed E-state index contributed by atoms with van der Waals surface area (Å²) < 4.78 is 22.6. The third kappa shape index (κ3) is 9.29. The van der Waals surface area contributed by atoms with Gasteiger partial charge in [-0.25, -0.2) is 0 Å². The molecule has 4 heterocycles. The second-order valence-electron chi connectivity index (χ2n) is 17.0. The molecule has 2 aromatic carbocycles. The molecule has 14 nitrogen and oxygen atoms in total. The molecule has 4 fully saturated rings. The van der Waals surface area contributed by atoms with E-state index in [0.717, 1.165) is 36.8 Å². The molecule has 58 heavy (non-hydrogen) atoms. The number of carbonyl (C=O) groups excluding carboxylic acids is 4. The highest BCUT2D eigenvalue weighted by molar-refractivity contribution is 5.82. The fourth-order valence-electron chi connectivity index (χ4n) is 11.2. The predicted molar refractivity (Wildman–Crippen MR) is 199 cm³/mol. The number of carboxylic acid groups (broad SMARTS) is 2. The number of quaternary nitrogens is 2. The van der Waals surface area contributed by atoms with Gasteiger partial charge in [0.25, 0.3) is 0 Å². The standard InChI is InChI=1S/C42H52N2O12.2BrH/c1-24(45)53-36-13-7-28(15-38(36)55-26(3)47)22-43(5)32-9-10-33(43)18-30(17-32)42(41(51)52,21-40(49)50)31-19-34-11-12-35(20-31)44(34,6)23-29-8-14-37(54-25(2)46)39(16-29)56-27(4)48;;/h7-8,13-16,30-35H,9-12,17-23H2,1-6H3;2*1H. The van der Waals surface area contributed by atoms with Crippen LogP contribution < -0.4 is 52.9 Å². The number of ether oxygens (including phenoxy) is 4. The minimum absolute atomic E-state index is 0. The van der Waals surface area contributed by atoms with E-state index in [-0.39, 0.29) is 93.0 Å². The summed E-state index contributed by atoms with van der Waals surface area (Å²) in [5.74, 6) is -4.32. The highest BCUT2D eigenvalue weighted by atomic mass is 79.9. The quantitative estimate of drug-likeness (QED) is 0.149. The van der Waals surface area contributed by atoms with Crippen LogP contribution in [0.15, 0.2) is 36.4 Å². The van der Waals surface area contributed by atoms with Crippen molar-refractivity contribution < 1.29 is 101 Å². The number of hydrogen-bond donors (Lipinski definition) is 2. The summed E-state index contributed by atoms with van der Waals surface area (Å²) in [5, 5.41) is 21.6. The van der Waals surface area contributed by atoms with Crippen molar-refractivity contribution in [2.24, 2.45) is 17.3 Å². The molecule has 4 atom stereocenters. The molecule has 4 aliphatic rings. The van der Waals surface area contributed by atoms with Crippen molar-refractivity contribution in [2.75, 3.05) is 14.1 Å². The molecule has 0 amide bonds. The number of carboxylic acids is 2. The number of esters is 4. The fourth-order valence-corrected chi connectivity index (χ4v) is 11.2. The Morgan fingerprint density at radius 3 is 1.16 bits per heavy atom. The van der Waals surface area contributed by atoms with E-state index in [0.29, 0.717) is 47.7 Å². The summed E-state index contributed by atoms with van der Waals surface area (Å²) in [6.07, 6.45) is 5.45. The van der Waals surface area contributed by atoms with Crippen molar-refractivity contribution >= 4 is 35.8 Å². The van der Waals surface area contributed by atoms with Crippen molar-refractivity contribution in [1.29, 1.82) is 0 Å². The normalized spacial score (nSPS) is 29.1. The third-order valence-corrected chi connectivity index (χ3v) is 13.6. The zero-order chi connectivity index (χ0) is 40.7. The van der Waals surface area contributed by atoms with Gasteiger partial charge in [-0.3, -0.25) is 28.8 Å². The Bertz CT molecular complexity index is 1790. The molecule has 2 aromatic rings. The van der Waals surface area contributed by atoms with Crippen LogP contribution in [0.1, 0.15) is 96.6 Å². The van der Waals surface area contributed by atoms with Gasteiger partial charge in [-0.2, -0.15) is 0 Å². The molecule has 0 spiro atoms. The smallest absolute Gasteiger partial charge is 0.310 e. The van der Waals surface area contributed by atoms with Gasteiger partial charge in [0.15, 0.2) is 23.0 Å². The number of aliphatic carboxylic acids is 2. The molecular weight excluding hydrogens is 884 g/mol. The molecule has 4 aliphatic heterocycles. The number of rotatable bonds is 13. The van der Waals surface area contributed by atoms with E-state index < -0.39 is 47.7 Å². The maximum absolute atomic E-state index is 13.8. The first-order valence-corrected chi connectivity index (χ1v) is 19.5. The molecule has 0 radical (unpaired) electrons. The highest BCUT2D eigenvalue weighted by Crippen LogP contribution is 2.59. The molecule has 4 unspecified atom stereocenters. The van der Waals surface area contributed by atoms with Gasteiger partial charge >= 0.3 is 35.8 Å². The van der Waals surface area contributed by atoms with Crippen molar-refractivity contribution in [3.8, 4) is 23.0 Å². The van der Waals surface area contributed by atoms with Gasteiger partial charge in [0.1, 0.15) is 13.1 Å². The SMILES string of the molecule is CC(=O)Oc1ccc(C[N+]2(C)C3CCC2CC(C(CC(=O)O)(C(=O)O)C2CC4CCC(C2)[N+]4(C)Cc2ccc(OC(C)=O)c(OC(C)=O)c2)C3)cc1OC(C)=O.[Br-].[Br-]. The lowest BCUT2D eigenvalue weighted by Crippen LogP contribution is -3.00. The summed E-state index contributed by atoms with van der Waals surface area (Å²) >= 11 is 0. The molecule has 0 saturated carbocycles. The van der Waals surface area contributed by atoms with Crippen LogP contribution in [0.2, 0.25) is 0 Å². The summed E-state index contributed by atoms with van der Waals surface area (Å²) in [5.41, 5.74) is 0.325. The lowest BCUT2D eigenvalue weighted by Gasteiger charge is -2.55. The van der Waals surface area contributed by atoms with Crippen molar-refractivity contribution in [3.63, 3.8) is 0 Å². The molecule has 2 N–H and O–H groups in total. The summed E-state index contributed by atoms with van der Waals surface area (Å²) in [4.78, 5) is 73.6. The topological polar surface area (TPSA) is 180 Å². The number of hydrogen-bond acceptors (Lipinski definition) is 10. The minimum atomic E-state index is -1.44. The predicted octanol–water partition coefficient (Wildman–Crippen LogP) is -0.583. The second kappa shape index (κ2) is 18.2. The zero-order valence-electron chi connectivity index (χ0n) is 33.8. The fraction of sp³-hybridized carbons (Fsp3) is 0.571. The van der Waals surface area contributed by atoms with Gasteiger partial charge in [0.2, 0.25) is 0 Å². The van der Waals surface area contributed by atoms with E-state index in [9.17, 15) is 39.0 Å². The van der Waals surface area contributed by atoms with Gasteiger partial charge in [-0.05, 0) is 48.2 Å². The molecule has 0 aliphatic carbocycles. The number of piperidine rings is 2. The largest absolute Gasteiger partial charge is 1.00 e. The maximum atomic E-state index is 13.8. The highest BCUT2D eigenvalue weighted by Gasteiger charge is 2.64. The van der Waals surface area contributed by atoms with Gasteiger partial charge in [0.05, 0.1) is 50.1 Å². The lowest BCUT2D eigenvalue weighted by molar-refractivity contribution is -0.963. The summed E-state index contributed by atoms with van der Waals surface area (Å²) in [6, 6.07) is 10.8. The van der Waals surface area contributed by atoms with E-state index in [2.05, 4.69) is 14.1 Å². The van der Waals surface area contributed by atoms with Crippen LogP contribution >= 0.6 is 0 Å². The summed E-state index contributed by atoms with van der Waals surface area (Å²) in [6.45, 7) is 6.27. The minimum Gasteiger partial charge on any atom is -1.00 e. The van der Waals surface area contributed by atoms with Gasteiger partial charge < -0.3 is 72.1 Å². The first kappa shape index (κ1) is 46.8. The van der Waals surface area contributed by atoms with Crippen LogP contribution in [0.4, 0.5) is 0 Å². The Hall–Kier alpha value is -3.86. The molecule has 0 aromatic heterocycles. The van der Waals surface area contributed by atoms with E-state index in [4.69, 9.17) is 18.9 Å². The Morgan fingerprint density at radius 1 is 0.569 bits per heavy atom. The van der Waals surface area contributed by atoms with Gasteiger partial charge in [-0.1, -0.05) is 0 Å². The first-order chi connectivity index (χ1) is 26.3. The van der Waals surface area contributed by atoms with Crippen LogP contribution in [0, 0.1) is 17.3 Å². The molecule has 4 saturated heterocycles. The first-order valence-electron chi connectivity index (χ1n) is 19.5. The molecule has 318 valence electrons. The monoisotopic (exact) mass is 936 g/mol. The van der Waals surface area contributed by atoms with Gasteiger partial charge in [0, 0.05) is 90.2 Å². The number of nitrogens with zero attached hydrogens (tertiary/aromatic N) is 2. The average molecular weight is 939 g/mol. The van der Waals surface area contributed by atoms with Crippen LogP contribution in [-0.2, 0) is 41.9 Å². The van der Waals surface area contributed by atoms with E-state index in [1.807, 2.05) is 12.1 Å². The van der Waals surface area contributed by atoms with Crippen molar-refractivity contribution in [1.82, 2.24) is 0 Å². The van der Waals surface area contributed by atoms with E-state index in [1.165, 1.54) is 27.7 Å². The second-order valence-corrected chi connectivity index (χ2v) is 17.0. The van der Waals surface area contributed by atoms with Crippen LogP contribution in [0.25, 0.3) is 0 Å². The molecule has 6 rings (SSSR count). The van der Waals surface area contributed by atoms with Crippen molar-refractivity contribution in [3.05, 3.63) is 47.5 Å². The Balaban J connectivity index is 0.00000372. The van der Waals surface area contributed by atoms with Gasteiger partial charge in [-0.15, -0.1) is 0 Å². The molecular formula is C42H54Br2N2O12. The molecule has 16 heteroatoms. The summed E-state index contributed by atoms with van der Waals surface area (Å²) in [7, 11) is 4.36. The van der Waals surface area contributed by atoms with Crippen LogP contribution in [0.5, 0.6) is 23.0 Å². The molecule has 4 bridgehead atoms. The number of carbonyl (C=O) groups is 6.